The van der Waals surface area contributed by atoms with Gasteiger partial charge in [-0.1, -0.05) is 32.0 Å². The fraction of sp³-hybridized carbons (Fsp3) is 0.179. The van der Waals surface area contributed by atoms with E-state index in [4.69, 9.17) is 0 Å². The molecule has 0 unspecified atom stereocenters. The van der Waals surface area contributed by atoms with Crippen LogP contribution in [0, 0.1) is 0 Å². The zero-order valence-corrected chi connectivity index (χ0v) is 21.1. The predicted molar refractivity (Wildman–Crippen MR) is 141 cm³/mol. The van der Waals surface area contributed by atoms with Crippen LogP contribution in [0.2, 0.25) is 0 Å². The van der Waals surface area contributed by atoms with E-state index < -0.39 is 12.0 Å². The van der Waals surface area contributed by atoms with E-state index in [1.807, 2.05) is 44.2 Å². The van der Waals surface area contributed by atoms with E-state index in [-0.39, 0.29) is 28.8 Å². The van der Waals surface area contributed by atoms with Crippen LogP contribution in [0.3, 0.4) is 0 Å². The number of aromatic nitrogens is 6. The van der Waals surface area contributed by atoms with Crippen molar-refractivity contribution >= 4 is 21.9 Å². The summed E-state index contributed by atoms with van der Waals surface area (Å²) in [7, 11) is 1.32. The average molecular weight is 533 g/mol. The first-order valence-electron chi connectivity index (χ1n) is 12.2. The molecule has 0 aliphatic rings. The van der Waals surface area contributed by atoms with Crippen molar-refractivity contribution in [3.8, 4) is 40.1 Å². The molecular weight excluding hydrogens is 509 g/mol. The molecule has 3 aromatic carbocycles. The lowest BCUT2D eigenvalue weighted by atomic mass is 9.98. The first-order chi connectivity index (χ1) is 18.5. The van der Waals surface area contributed by atoms with E-state index in [1.165, 1.54) is 19.2 Å². The van der Waals surface area contributed by atoms with E-state index >= 15 is 0 Å². The van der Waals surface area contributed by atoms with Gasteiger partial charge in [-0.15, -0.1) is 10.2 Å². The minimum absolute atomic E-state index is 0.0530. The lowest BCUT2D eigenvalue weighted by molar-refractivity contribution is -0.146. The molecule has 0 fully saturated rings. The average Bonchev–Trinajstić information content (AvgIpc) is 3.58. The topological polar surface area (TPSA) is 105 Å². The third kappa shape index (κ3) is 3.97. The highest BCUT2D eigenvalue weighted by Crippen LogP contribution is 2.40. The lowest BCUT2D eigenvalue weighted by Gasteiger charge is -2.14. The van der Waals surface area contributed by atoms with Crippen molar-refractivity contribution in [3.63, 3.8) is 0 Å². The largest absolute Gasteiger partial charge is 0.508 e. The molecule has 6 aromatic rings. The van der Waals surface area contributed by atoms with Crippen LogP contribution in [0.15, 0.2) is 60.7 Å². The number of alkyl halides is 3. The van der Waals surface area contributed by atoms with Crippen molar-refractivity contribution in [2.24, 2.45) is 7.05 Å². The highest BCUT2D eigenvalue weighted by atomic mass is 19.4. The zero-order valence-electron chi connectivity index (χ0n) is 21.1. The number of imidazole rings is 1. The van der Waals surface area contributed by atoms with Crippen molar-refractivity contribution < 1.29 is 23.4 Å². The molecular formula is C28H23F3N6O2. The number of H-pyrrole nitrogens is 1. The van der Waals surface area contributed by atoms with Gasteiger partial charge in [0.05, 0.1) is 28.0 Å². The molecule has 3 heterocycles. The van der Waals surface area contributed by atoms with Gasteiger partial charge in [0.1, 0.15) is 11.5 Å². The normalized spacial score (nSPS) is 12.3. The maximum atomic E-state index is 13.6. The molecule has 3 N–H and O–H groups in total. The Bertz CT molecular complexity index is 1850. The molecule has 0 radical (unpaired) electrons. The maximum absolute atomic E-state index is 13.6. The second-order valence-electron chi connectivity index (χ2n) is 9.70. The number of phenolic OH excluding ortho intramolecular Hbond substituents is 2. The fourth-order valence-electron chi connectivity index (χ4n) is 4.89. The van der Waals surface area contributed by atoms with Crippen molar-refractivity contribution in [3.05, 3.63) is 72.1 Å². The van der Waals surface area contributed by atoms with Crippen molar-refractivity contribution in [2.45, 2.75) is 25.9 Å². The molecule has 39 heavy (non-hydrogen) atoms. The molecule has 6 rings (SSSR count). The Balaban J connectivity index is 1.63. The van der Waals surface area contributed by atoms with Crippen LogP contribution in [0.5, 0.6) is 11.5 Å². The van der Waals surface area contributed by atoms with Gasteiger partial charge >= 0.3 is 6.18 Å². The highest BCUT2D eigenvalue weighted by molar-refractivity contribution is 5.86. The molecule has 11 heteroatoms. The van der Waals surface area contributed by atoms with Gasteiger partial charge < -0.3 is 19.8 Å². The van der Waals surface area contributed by atoms with Crippen LogP contribution in [0.1, 0.15) is 31.2 Å². The van der Waals surface area contributed by atoms with Gasteiger partial charge in [0.2, 0.25) is 5.82 Å². The monoisotopic (exact) mass is 532 g/mol. The van der Waals surface area contributed by atoms with Gasteiger partial charge in [-0.2, -0.15) is 13.2 Å². The van der Waals surface area contributed by atoms with Crippen LogP contribution in [-0.4, -0.2) is 39.5 Å². The summed E-state index contributed by atoms with van der Waals surface area (Å²) < 4.78 is 43.3. The Morgan fingerprint density at radius 2 is 1.64 bits per heavy atom. The van der Waals surface area contributed by atoms with Crippen LogP contribution in [0.4, 0.5) is 13.2 Å². The summed E-state index contributed by atoms with van der Waals surface area (Å²) in [6, 6.07) is 17.2. The number of fused-ring (bicyclic) bond motifs is 2. The number of aromatic amines is 1. The van der Waals surface area contributed by atoms with E-state index in [0.717, 1.165) is 15.5 Å². The van der Waals surface area contributed by atoms with Crippen molar-refractivity contribution in [1.29, 1.82) is 0 Å². The Morgan fingerprint density at radius 1 is 0.897 bits per heavy atom. The van der Waals surface area contributed by atoms with Gasteiger partial charge in [-0.3, -0.25) is 4.57 Å². The van der Waals surface area contributed by atoms with Gasteiger partial charge in [0.25, 0.3) is 0 Å². The first kappa shape index (κ1) is 24.5. The quantitative estimate of drug-likeness (QED) is 0.240. The molecule has 0 amide bonds. The van der Waals surface area contributed by atoms with Crippen LogP contribution in [-0.2, 0) is 13.2 Å². The van der Waals surface area contributed by atoms with Gasteiger partial charge in [-0.25, -0.2) is 4.98 Å². The van der Waals surface area contributed by atoms with Gasteiger partial charge in [-0.05, 0) is 47.9 Å². The summed E-state index contributed by atoms with van der Waals surface area (Å²) in [5, 5.41) is 31.0. The summed E-state index contributed by atoms with van der Waals surface area (Å²) in [6.45, 7) is 3.81. The van der Waals surface area contributed by atoms with Crippen LogP contribution < -0.4 is 0 Å². The lowest BCUT2D eigenvalue weighted by Crippen LogP contribution is -2.12. The van der Waals surface area contributed by atoms with E-state index in [1.54, 1.807) is 22.8 Å². The molecule has 0 spiro atoms. The predicted octanol–water partition coefficient (Wildman–Crippen LogP) is 6.52. The number of halogens is 3. The number of benzene rings is 3. The van der Waals surface area contributed by atoms with Crippen LogP contribution >= 0.6 is 0 Å². The van der Waals surface area contributed by atoms with Crippen molar-refractivity contribution in [1.82, 2.24) is 29.3 Å². The number of nitrogens with zero attached hydrogens (tertiary/aromatic N) is 5. The van der Waals surface area contributed by atoms with Crippen LogP contribution in [0.25, 0.3) is 50.5 Å². The number of rotatable bonds is 4. The Kier molecular flexibility index (Phi) is 5.42. The van der Waals surface area contributed by atoms with E-state index in [9.17, 15) is 23.4 Å². The molecule has 198 valence electrons. The number of hydrogen-bond donors (Lipinski definition) is 3. The molecule has 0 aliphatic carbocycles. The number of nitrogens with one attached hydrogen (secondary N) is 1. The Labute approximate surface area is 220 Å². The van der Waals surface area contributed by atoms with Gasteiger partial charge in [0, 0.05) is 24.0 Å². The van der Waals surface area contributed by atoms with Gasteiger partial charge in [0.15, 0.2) is 11.6 Å². The first-order valence-corrected chi connectivity index (χ1v) is 12.2. The standard InChI is InChI=1S/C28H23F3N6O2/c1-14(2)17-12-18(24(39)13-23(17)38)25-34-35-26(21-10-15-6-4-5-7-19(15)32-21)37(25)16-8-9-22-20(11-16)33-27(36(22)3)28(29,30)31/h4-14,32,38-39H,1-3H3. The SMILES string of the molecule is CC(C)c1cc(-c2nnc(-c3cc4ccccc4[nH]3)n2-c2ccc3c(c2)nc(C(F)(F)F)n3C)c(O)cc1O. The fourth-order valence-corrected chi connectivity index (χ4v) is 4.89. The third-order valence-corrected chi connectivity index (χ3v) is 6.82. The summed E-state index contributed by atoms with van der Waals surface area (Å²) in [5.74, 6) is -0.706. The molecule has 0 bridgehead atoms. The summed E-state index contributed by atoms with van der Waals surface area (Å²) in [5.41, 5.74) is 3.29. The van der Waals surface area contributed by atoms with E-state index in [2.05, 4.69) is 20.2 Å². The second-order valence-corrected chi connectivity index (χ2v) is 9.70. The smallest absolute Gasteiger partial charge is 0.449 e. The highest BCUT2D eigenvalue weighted by Gasteiger charge is 2.36. The summed E-state index contributed by atoms with van der Waals surface area (Å²) in [6.07, 6.45) is -4.61. The number of hydrogen-bond acceptors (Lipinski definition) is 5. The Morgan fingerprint density at radius 3 is 2.36 bits per heavy atom. The third-order valence-electron chi connectivity index (χ3n) is 6.82. The Hall–Kier alpha value is -4.80. The number of aromatic hydroxyl groups is 2. The number of aryl methyl sites for hydroxylation is 1. The zero-order chi connectivity index (χ0) is 27.6. The molecule has 0 saturated heterocycles. The summed E-state index contributed by atoms with van der Waals surface area (Å²) in [4.78, 5) is 7.17. The number of para-hydroxylation sites is 1. The minimum Gasteiger partial charge on any atom is -0.508 e. The summed E-state index contributed by atoms with van der Waals surface area (Å²) >= 11 is 0. The molecule has 8 nitrogen and oxygen atoms in total. The second kappa shape index (κ2) is 8.62. The minimum atomic E-state index is -4.61. The maximum Gasteiger partial charge on any atom is 0.449 e. The molecule has 0 aliphatic heterocycles. The molecule has 0 atom stereocenters. The van der Waals surface area contributed by atoms with E-state index in [0.29, 0.717) is 33.8 Å². The van der Waals surface area contributed by atoms with Crippen molar-refractivity contribution in [2.75, 3.05) is 0 Å². The molecule has 0 saturated carbocycles. The number of phenols is 2. The molecule has 3 aromatic heterocycles.